The first-order valence-corrected chi connectivity index (χ1v) is 6.61. The molecular weight excluding hydrogens is 299 g/mol. The Hall–Kier alpha value is -1.71. The van der Waals surface area contributed by atoms with Crippen LogP contribution in [0.25, 0.3) is 0 Å². The van der Waals surface area contributed by atoms with Crippen LogP contribution in [-0.4, -0.2) is 13.1 Å². The highest BCUT2D eigenvalue weighted by Gasteiger charge is 2.07. The van der Waals surface area contributed by atoms with Crippen LogP contribution in [0.3, 0.4) is 0 Å². The molecule has 0 aliphatic heterocycles. The maximum absolute atomic E-state index is 11.3. The van der Waals surface area contributed by atoms with Gasteiger partial charge >= 0.3 is 5.97 Å². The van der Waals surface area contributed by atoms with Gasteiger partial charge in [-0.2, -0.15) is 0 Å². The molecule has 0 saturated heterocycles. The molecule has 0 atom stereocenters. The molecule has 20 heavy (non-hydrogen) atoms. The van der Waals surface area contributed by atoms with Gasteiger partial charge in [0, 0.05) is 5.56 Å². The fraction of sp³-hybridized carbons (Fsp3) is 0.133. The van der Waals surface area contributed by atoms with Crippen molar-refractivity contribution in [1.82, 2.24) is 0 Å². The van der Waals surface area contributed by atoms with E-state index >= 15 is 0 Å². The monoisotopic (exact) mass is 310 g/mol. The molecule has 2 aromatic carbocycles. The Labute approximate surface area is 127 Å². The smallest absolute Gasteiger partial charge is 0.337 e. The lowest BCUT2D eigenvalue weighted by Gasteiger charge is -2.09. The topological polar surface area (TPSA) is 35.5 Å². The van der Waals surface area contributed by atoms with Crippen molar-refractivity contribution >= 4 is 29.2 Å². The second-order valence-corrected chi connectivity index (χ2v) is 4.80. The predicted octanol–water partition coefficient (Wildman–Crippen LogP) is 4.36. The summed E-state index contributed by atoms with van der Waals surface area (Å²) in [6, 6.07) is 12.1. The summed E-state index contributed by atoms with van der Waals surface area (Å²) in [5.41, 5.74) is 1.27. The minimum absolute atomic E-state index is 0.303. The molecule has 0 aromatic heterocycles. The summed E-state index contributed by atoms with van der Waals surface area (Å²) in [5, 5.41) is 0.981. The molecule has 0 N–H and O–H groups in total. The van der Waals surface area contributed by atoms with E-state index in [1.54, 1.807) is 30.3 Å². The normalized spacial score (nSPS) is 10.2. The zero-order valence-corrected chi connectivity index (χ0v) is 12.2. The molecule has 0 aliphatic carbocycles. The third kappa shape index (κ3) is 3.44. The van der Waals surface area contributed by atoms with Crippen molar-refractivity contribution in [3.05, 3.63) is 63.6 Å². The van der Waals surface area contributed by atoms with Crippen molar-refractivity contribution in [1.29, 1.82) is 0 Å². The molecule has 0 heterocycles. The van der Waals surface area contributed by atoms with Crippen molar-refractivity contribution in [2.75, 3.05) is 7.11 Å². The highest BCUT2D eigenvalue weighted by molar-refractivity contribution is 6.42. The summed E-state index contributed by atoms with van der Waals surface area (Å²) in [6.07, 6.45) is 0. The van der Waals surface area contributed by atoms with Gasteiger partial charge in [-0.3, -0.25) is 0 Å². The van der Waals surface area contributed by atoms with Gasteiger partial charge in [-0.1, -0.05) is 35.3 Å². The van der Waals surface area contributed by atoms with Crippen molar-refractivity contribution in [2.45, 2.75) is 6.61 Å². The van der Waals surface area contributed by atoms with Crippen LogP contribution >= 0.6 is 23.2 Å². The number of benzene rings is 2. The summed E-state index contributed by atoms with van der Waals surface area (Å²) in [5.74, 6) is 0.253. The number of hydrogen-bond acceptors (Lipinski definition) is 3. The Morgan fingerprint density at radius 2 is 1.80 bits per heavy atom. The van der Waals surface area contributed by atoms with Gasteiger partial charge in [-0.05, 0) is 30.3 Å². The molecule has 0 aliphatic rings. The average Bonchev–Trinajstić information content (AvgIpc) is 2.48. The molecule has 0 bridgehead atoms. The third-order valence-electron chi connectivity index (χ3n) is 2.70. The first-order chi connectivity index (χ1) is 9.61. The molecule has 0 unspecified atom stereocenters. The average molecular weight is 311 g/mol. The van der Waals surface area contributed by atoms with Gasteiger partial charge in [-0.25, -0.2) is 4.79 Å². The van der Waals surface area contributed by atoms with E-state index in [4.69, 9.17) is 27.9 Å². The van der Waals surface area contributed by atoms with Crippen molar-refractivity contribution in [3.8, 4) is 5.75 Å². The van der Waals surface area contributed by atoms with E-state index in [9.17, 15) is 4.79 Å². The van der Waals surface area contributed by atoms with Crippen molar-refractivity contribution in [2.24, 2.45) is 0 Å². The lowest BCUT2D eigenvalue weighted by Crippen LogP contribution is -2.01. The molecule has 0 saturated carbocycles. The minimum Gasteiger partial charge on any atom is -0.489 e. The largest absolute Gasteiger partial charge is 0.489 e. The van der Waals surface area contributed by atoms with E-state index in [1.165, 1.54) is 7.11 Å². The molecule has 3 nitrogen and oxygen atoms in total. The van der Waals surface area contributed by atoms with Gasteiger partial charge in [0.25, 0.3) is 0 Å². The molecule has 2 aromatic rings. The van der Waals surface area contributed by atoms with Crippen LogP contribution in [0.2, 0.25) is 10.0 Å². The van der Waals surface area contributed by atoms with Gasteiger partial charge in [0.15, 0.2) is 0 Å². The van der Waals surface area contributed by atoms with E-state index in [1.807, 2.05) is 12.1 Å². The molecule has 104 valence electrons. The van der Waals surface area contributed by atoms with Gasteiger partial charge in [-0.15, -0.1) is 0 Å². The Morgan fingerprint density at radius 1 is 1.10 bits per heavy atom. The zero-order valence-electron chi connectivity index (χ0n) is 10.7. The first kappa shape index (κ1) is 14.7. The minimum atomic E-state index is -0.380. The van der Waals surface area contributed by atoms with Gasteiger partial charge in [0.05, 0.1) is 22.7 Å². The lowest BCUT2D eigenvalue weighted by molar-refractivity contribution is 0.0600. The highest BCUT2D eigenvalue weighted by Crippen LogP contribution is 2.26. The maximum atomic E-state index is 11.3. The van der Waals surface area contributed by atoms with Crippen LogP contribution in [0.15, 0.2) is 42.5 Å². The molecule has 2 rings (SSSR count). The first-order valence-electron chi connectivity index (χ1n) is 5.86. The third-order valence-corrected chi connectivity index (χ3v) is 3.56. The van der Waals surface area contributed by atoms with Crippen LogP contribution < -0.4 is 4.74 Å². The summed E-state index contributed by atoms with van der Waals surface area (Å²) in [6.45, 7) is 0.303. The summed E-state index contributed by atoms with van der Waals surface area (Å²) in [4.78, 5) is 11.3. The number of esters is 1. The molecular formula is C15H12Cl2O3. The number of ether oxygens (including phenoxy) is 2. The maximum Gasteiger partial charge on any atom is 0.337 e. The van der Waals surface area contributed by atoms with E-state index < -0.39 is 0 Å². The van der Waals surface area contributed by atoms with E-state index in [2.05, 4.69) is 4.74 Å². The molecule has 0 fully saturated rings. The van der Waals surface area contributed by atoms with Gasteiger partial charge in [0.1, 0.15) is 12.4 Å². The molecule has 0 radical (unpaired) electrons. The van der Waals surface area contributed by atoms with Crippen LogP contribution in [0.4, 0.5) is 0 Å². The Morgan fingerprint density at radius 3 is 2.45 bits per heavy atom. The molecule has 0 amide bonds. The summed E-state index contributed by atoms with van der Waals surface area (Å²) >= 11 is 12.0. The SMILES string of the molecule is COC(=O)c1ccc(OCc2cccc(Cl)c2Cl)cc1. The Kier molecular flexibility index (Phi) is 4.88. The van der Waals surface area contributed by atoms with E-state index in [0.29, 0.717) is 28.0 Å². The molecule has 5 heteroatoms. The van der Waals surface area contributed by atoms with E-state index in [0.717, 1.165) is 5.56 Å². The number of hydrogen-bond donors (Lipinski definition) is 0. The number of methoxy groups -OCH3 is 1. The van der Waals surface area contributed by atoms with Crippen LogP contribution in [-0.2, 0) is 11.3 Å². The quantitative estimate of drug-likeness (QED) is 0.787. The number of carbonyl (C=O) groups is 1. The highest BCUT2D eigenvalue weighted by atomic mass is 35.5. The number of halogens is 2. The van der Waals surface area contributed by atoms with Crippen LogP contribution in [0.5, 0.6) is 5.75 Å². The predicted molar refractivity (Wildman–Crippen MR) is 78.6 cm³/mol. The van der Waals surface area contributed by atoms with Crippen molar-refractivity contribution in [3.63, 3.8) is 0 Å². The van der Waals surface area contributed by atoms with E-state index in [-0.39, 0.29) is 5.97 Å². The van der Waals surface area contributed by atoms with Crippen molar-refractivity contribution < 1.29 is 14.3 Å². The Balaban J connectivity index is 2.04. The standard InChI is InChI=1S/C15H12Cl2O3/c1-19-15(18)10-5-7-12(8-6-10)20-9-11-3-2-4-13(16)14(11)17/h2-8H,9H2,1H3. The fourth-order valence-electron chi connectivity index (χ4n) is 1.63. The van der Waals surface area contributed by atoms with Gasteiger partial charge in [0.2, 0.25) is 0 Å². The fourth-order valence-corrected chi connectivity index (χ4v) is 2.00. The second kappa shape index (κ2) is 6.64. The zero-order chi connectivity index (χ0) is 14.5. The number of rotatable bonds is 4. The second-order valence-electron chi connectivity index (χ2n) is 4.02. The molecule has 0 spiro atoms. The summed E-state index contributed by atoms with van der Waals surface area (Å²) < 4.78 is 10.2. The lowest BCUT2D eigenvalue weighted by atomic mass is 10.2. The van der Waals surface area contributed by atoms with Crippen LogP contribution in [0.1, 0.15) is 15.9 Å². The van der Waals surface area contributed by atoms with Crippen LogP contribution in [0, 0.1) is 0 Å². The Bertz CT molecular complexity index is 609. The van der Waals surface area contributed by atoms with Gasteiger partial charge < -0.3 is 9.47 Å². The summed E-state index contributed by atoms with van der Waals surface area (Å²) in [7, 11) is 1.34. The number of carbonyl (C=O) groups excluding carboxylic acids is 1.